The summed E-state index contributed by atoms with van der Waals surface area (Å²) >= 11 is 6.44. The molecule has 0 atom stereocenters. The number of nitrogens with zero attached hydrogens (tertiary/aromatic N) is 3. The molecule has 1 aromatic heterocycles. The summed E-state index contributed by atoms with van der Waals surface area (Å²) < 4.78 is 14.6. The number of piperidine rings is 1. The molecule has 1 N–H and O–H groups in total. The average Bonchev–Trinajstić information content (AvgIpc) is 2.82. The van der Waals surface area contributed by atoms with Crippen LogP contribution in [0.5, 0.6) is 0 Å². The van der Waals surface area contributed by atoms with Crippen LogP contribution in [0, 0.1) is 5.82 Å². The highest BCUT2D eigenvalue weighted by Crippen LogP contribution is 2.32. The highest BCUT2D eigenvalue weighted by Gasteiger charge is 2.16. The number of allylic oxidation sites excluding steroid dienone is 1. The largest absolute Gasteiger partial charge is 0.370 e. The van der Waals surface area contributed by atoms with Crippen LogP contribution in [-0.4, -0.2) is 28.8 Å². The van der Waals surface area contributed by atoms with Crippen LogP contribution in [0.15, 0.2) is 61.3 Å². The smallest absolute Gasteiger partial charge is 0.227 e. The Labute approximate surface area is 192 Å². The molecule has 1 aliphatic heterocycles. The van der Waals surface area contributed by atoms with E-state index in [0.717, 1.165) is 49.1 Å². The van der Waals surface area contributed by atoms with E-state index in [4.69, 9.17) is 11.6 Å². The minimum atomic E-state index is -0.534. The molecule has 1 aliphatic rings. The summed E-state index contributed by atoms with van der Waals surface area (Å²) in [5.41, 5.74) is 3.26. The topological polar surface area (TPSA) is 58.1 Å². The van der Waals surface area contributed by atoms with Crippen molar-refractivity contribution in [1.29, 1.82) is 0 Å². The molecule has 0 bridgehead atoms. The Balaban J connectivity index is 1.59. The minimum absolute atomic E-state index is 0.0973. The fourth-order valence-electron chi connectivity index (χ4n) is 3.83. The number of aromatic nitrogens is 2. The lowest BCUT2D eigenvalue weighted by Gasteiger charge is -2.30. The molecule has 164 valence electrons. The molecule has 1 fully saturated rings. The predicted octanol–water partition coefficient (Wildman–Crippen LogP) is 5.97. The lowest BCUT2D eigenvalue weighted by molar-refractivity contribution is -0.114. The monoisotopic (exact) mass is 450 g/mol. The Hall–Kier alpha value is -3.25. The number of anilines is 3. The number of carbonyl (C=O) groups is 1. The van der Waals surface area contributed by atoms with Crippen molar-refractivity contribution in [2.24, 2.45) is 0 Å². The van der Waals surface area contributed by atoms with Crippen LogP contribution in [0.1, 0.15) is 24.8 Å². The first-order valence-electron chi connectivity index (χ1n) is 10.6. The molecule has 2 heterocycles. The third-order valence-electron chi connectivity index (χ3n) is 5.45. The molecule has 1 saturated heterocycles. The first-order valence-corrected chi connectivity index (χ1v) is 11.0. The van der Waals surface area contributed by atoms with Gasteiger partial charge in [0.05, 0.1) is 16.9 Å². The summed E-state index contributed by atoms with van der Waals surface area (Å²) in [6.45, 7) is 5.45. The molecule has 0 aliphatic carbocycles. The third-order valence-corrected chi connectivity index (χ3v) is 5.77. The van der Waals surface area contributed by atoms with E-state index < -0.39 is 5.82 Å². The molecule has 32 heavy (non-hydrogen) atoms. The number of benzene rings is 2. The summed E-state index contributed by atoms with van der Waals surface area (Å²) in [7, 11) is 0. The number of halogens is 2. The van der Waals surface area contributed by atoms with Gasteiger partial charge in [-0.1, -0.05) is 36.4 Å². The Kier molecular flexibility index (Phi) is 6.81. The molecule has 0 saturated carbocycles. The molecule has 7 heteroatoms. The maximum absolute atomic E-state index is 14.6. The fourth-order valence-corrected chi connectivity index (χ4v) is 4.07. The molecule has 2 aromatic carbocycles. The quantitative estimate of drug-likeness (QED) is 0.449. The van der Waals surface area contributed by atoms with Crippen LogP contribution in [0.3, 0.4) is 0 Å². The van der Waals surface area contributed by atoms with Crippen molar-refractivity contribution in [2.45, 2.75) is 25.7 Å². The van der Waals surface area contributed by atoms with Gasteiger partial charge in [-0.2, -0.15) is 0 Å². The zero-order chi connectivity index (χ0) is 22.5. The van der Waals surface area contributed by atoms with Crippen molar-refractivity contribution >= 4 is 34.7 Å². The Morgan fingerprint density at radius 3 is 2.78 bits per heavy atom. The summed E-state index contributed by atoms with van der Waals surface area (Å²) in [6.07, 6.45) is 6.17. The fraction of sp³-hybridized carbons (Fsp3) is 0.240. The number of carbonyl (C=O) groups excluding carboxylic acids is 1. The lowest BCUT2D eigenvalue weighted by atomic mass is 10.0. The van der Waals surface area contributed by atoms with Crippen molar-refractivity contribution in [2.75, 3.05) is 23.3 Å². The van der Waals surface area contributed by atoms with Crippen LogP contribution >= 0.6 is 11.6 Å². The van der Waals surface area contributed by atoms with Crippen LogP contribution < -0.4 is 10.2 Å². The highest BCUT2D eigenvalue weighted by molar-refractivity contribution is 6.33. The molecule has 5 nitrogen and oxygen atoms in total. The maximum Gasteiger partial charge on any atom is 0.227 e. The Morgan fingerprint density at radius 2 is 2.00 bits per heavy atom. The van der Waals surface area contributed by atoms with Gasteiger partial charge in [0, 0.05) is 30.8 Å². The average molecular weight is 451 g/mol. The van der Waals surface area contributed by atoms with Gasteiger partial charge < -0.3 is 10.2 Å². The van der Waals surface area contributed by atoms with Gasteiger partial charge in [0.15, 0.2) is 11.6 Å². The van der Waals surface area contributed by atoms with E-state index in [0.29, 0.717) is 10.6 Å². The summed E-state index contributed by atoms with van der Waals surface area (Å²) in [4.78, 5) is 22.5. The first kappa shape index (κ1) is 22.0. The number of ketones is 1. The van der Waals surface area contributed by atoms with E-state index in [1.54, 1.807) is 18.2 Å². The van der Waals surface area contributed by atoms with E-state index in [9.17, 15) is 9.18 Å². The molecule has 0 radical (unpaired) electrons. The minimum Gasteiger partial charge on any atom is -0.370 e. The van der Waals surface area contributed by atoms with E-state index >= 15 is 0 Å². The van der Waals surface area contributed by atoms with Gasteiger partial charge in [-0.3, -0.25) is 4.79 Å². The van der Waals surface area contributed by atoms with E-state index in [-0.39, 0.29) is 23.8 Å². The van der Waals surface area contributed by atoms with Gasteiger partial charge in [-0.05, 0) is 55.2 Å². The number of rotatable bonds is 7. The standard InChI is InChI=1S/C25H24ClFN4O/c1-2-20(32)14-17-7-6-8-18(13-17)24-22(27)16-28-25(30-24)29-19-9-10-21(26)23(15-19)31-11-4-3-5-12-31/h2,6-10,13,15-16H,1,3-5,11-12,14H2,(H,28,29,30). The van der Waals surface area contributed by atoms with Crippen molar-refractivity contribution in [1.82, 2.24) is 9.97 Å². The Bertz CT molecular complexity index is 1140. The second-order valence-electron chi connectivity index (χ2n) is 7.78. The van der Waals surface area contributed by atoms with E-state index in [2.05, 4.69) is 26.8 Å². The summed E-state index contributed by atoms with van der Waals surface area (Å²) in [5.74, 6) is -0.353. The summed E-state index contributed by atoms with van der Waals surface area (Å²) in [6, 6.07) is 12.8. The van der Waals surface area contributed by atoms with Crippen LogP contribution in [-0.2, 0) is 11.2 Å². The van der Waals surface area contributed by atoms with Crippen molar-refractivity contribution in [3.63, 3.8) is 0 Å². The number of nitrogens with one attached hydrogen (secondary N) is 1. The van der Waals surface area contributed by atoms with Gasteiger partial charge in [0.25, 0.3) is 0 Å². The van der Waals surface area contributed by atoms with Crippen LogP contribution in [0.25, 0.3) is 11.3 Å². The van der Waals surface area contributed by atoms with Gasteiger partial charge >= 0.3 is 0 Å². The molecular weight excluding hydrogens is 427 g/mol. The second-order valence-corrected chi connectivity index (χ2v) is 8.18. The summed E-state index contributed by atoms with van der Waals surface area (Å²) in [5, 5.41) is 3.86. The molecular formula is C25H24ClFN4O. The molecule has 0 amide bonds. The molecule has 0 spiro atoms. The SMILES string of the molecule is C=CC(=O)Cc1cccc(-c2nc(Nc3ccc(Cl)c(N4CCCCC4)c3)ncc2F)c1. The second kappa shape index (κ2) is 9.92. The van der Waals surface area contributed by atoms with Crippen molar-refractivity contribution < 1.29 is 9.18 Å². The Morgan fingerprint density at radius 1 is 1.19 bits per heavy atom. The highest BCUT2D eigenvalue weighted by atomic mass is 35.5. The van der Waals surface area contributed by atoms with Crippen LogP contribution in [0.2, 0.25) is 5.02 Å². The van der Waals surface area contributed by atoms with E-state index in [1.807, 2.05) is 24.3 Å². The van der Waals surface area contributed by atoms with Gasteiger partial charge in [-0.25, -0.2) is 14.4 Å². The zero-order valence-electron chi connectivity index (χ0n) is 17.7. The lowest BCUT2D eigenvalue weighted by Crippen LogP contribution is -2.29. The predicted molar refractivity (Wildman–Crippen MR) is 127 cm³/mol. The number of hydrogen-bond donors (Lipinski definition) is 1. The zero-order valence-corrected chi connectivity index (χ0v) is 18.4. The first-order chi connectivity index (χ1) is 15.5. The molecule has 0 unspecified atom stereocenters. The number of hydrogen-bond acceptors (Lipinski definition) is 5. The van der Waals surface area contributed by atoms with Gasteiger partial charge in [0.2, 0.25) is 5.95 Å². The third kappa shape index (κ3) is 5.14. The molecule has 4 rings (SSSR count). The van der Waals surface area contributed by atoms with Crippen LogP contribution in [0.4, 0.5) is 21.7 Å². The molecule has 3 aromatic rings. The van der Waals surface area contributed by atoms with E-state index in [1.165, 1.54) is 12.5 Å². The van der Waals surface area contributed by atoms with Gasteiger partial charge in [-0.15, -0.1) is 0 Å². The van der Waals surface area contributed by atoms with Crippen molar-refractivity contribution in [3.05, 3.63) is 77.7 Å². The van der Waals surface area contributed by atoms with Gasteiger partial charge in [0.1, 0.15) is 5.69 Å². The normalized spacial score (nSPS) is 13.6. The van der Waals surface area contributed by atoms with Crippen molar-refractivity contribution in [3.8, 4) is 11.3 Å². The maximum atomic E-state index is 14.6.